The Morgan fingerprint density at radius 2 is 1.58 bits per heavy atom. The molecule has 0 heterocycles. The smallest absolute Gasteiger partial charge is 0.253 e. The highest BCUT2D eigenvalue weighted by molar-refractivity contribution is 6.04. The van der Waals surface area contributed by atoms with Crippen molar-refractivity contribution in [1.29, 1.82) is 0 Å². The first-order valence-electron chi connectivity index (χ1n) is 11.1. The van der Waals surface area contributed by atoms with Gasteiger partial charge in [-0.2, -0.15) is 0 Å². The summed E-state index contributed by atoms with van der Waals surface area (Å²) in [5, 5.41) is 15.9. The minimum atomic E-state index is -0.749. The monoisotopic (exact) mass is 434 g/mol. The fraction of sp³-hybridized carbons (Fsp3) is 0.609. The molecule has 0 saturated heterocycles. The molecule has 1 aromatic rings. The first kappa shape index (κ1) is 26.6. The van der Waals surface area contributed by atoms with E-state index in [1.54, 1.807) is 4.90 Å². The lowest BCUT2D eigenvalue weighted by molar-refractivity contribution is 0.0755. The predicted molar refractivity (Wildman–Crippen MR) is 122 cm³/mol. The first-order valence-corrected chi connectivity index (χ1v) is 11.1. The van der Waals surface area contributed by atoms with Gasteiger partial charge < -0.3 is 26.4 Å². The zero-order chi connectivity index (χ0) is 23.4. The van der Waals surface area contributed by atoms with Gasteiger partial charge in [-0.25, -0.2) is 0 Å². The molecule has 0 aromatic heterocycles. The molecule has 1 atom stereocenters. The Morgan fingerprint density at radius 3 is 2.13 bits per heavy atom. The molecule has 31 heavy (non-hydrogen) atoms. The fourth-order valence-corrected chi connectivity index (χ4v) is 3.11. The second-order valence-electron chi connectivity index (χ2n) is 8.21. The van der Waals surface area contributed by atoms with Crippen molar-refractivity contribution < 1.29 is 19.5 Å². The van der Waals surface area contributed by atoms with Crippen LogP contribution in [-0.4, -0.2) is 66.6 Å². The second-order valence-corrected chi connectivity index (χ2v) is 8.21. The van der Waals surface area contributed by atoms with Crippen molar-refractivity contribution in [3.63, 3.8) is 0 Å². The summed E-state index contributed by atoms with van der Waals surface area (Å²) in [7, 11) is 0. The van der Waals surface area contributed by atoms with Gasteiger partial charge in [0.15, 0.2) is 0 Å². The molecule has 5 N–H and O–H groups in total. The van der Waals surface area contributed by atoms with E-state index < -0.39 is 17.9 Å². The van der Waals surface area contributed by atoms with E-state index in [0.29, 0.717) is 25.6 Å². The quantitative estimate of drug-likeness (QED) is 0.332. The number of nitrogens with one attached hydrogen (secondary N) is 2. The maximum atomic E-state index is 12.9. The standard InChI is InChI=1S/C23H38N4O4/c1-5-9-27(10-6-2)23(31)19-12-17(21(24)29)11-18(13-19)22(30)26-15-20(28)14-25-8-7-16(3)4/h11-13,16,20,25,28H,5-10,14-15H2,1-4H3,(H2,24,29)(H,26,30)/t20-/m1/s1. The van der Waals surface area contributed by atoms with Crippen LogP contribution in [0.5, 0.6) is 0 Å². The lowest BCUT2D eigenvalue weighted by Crippen LogP contribution is -2.38. The van der Waals surface area contributed by atoms with Gasteiger partial charge in [-0.05, 0) is 49.9 Å². The van der Waals surface area contributed by atoms with E-state index in [4.69, 9.17) is 5.73 Å². The number of hydrogen-bond donors (Lipinski definition) is 4. The zero-order valence-corrected chi connectivity index (χ0v) is 19.2. The van der Waals surface area contributed by atoms with Crippen molar-refractivity contribution in [2.45, 2.75) is 53.1 Å². The molecule has 0 aliphatic carbocycles. The Kier molecular flexibility index (Phi) is 11.8. The lowest BCUT2D eigenvalue weighted by Gasteiger charge is -2.22. The molecule has 0 fully saturated rings. The van der Waals surface area contributed by atoms with Crippen molar-refractivity contribution in [3.05, 3.63) is 34.9 Å². The van der Waals surface area contributed by atoms with Crippen molar-refractivity contribution >= 4 is 17.7 Å². The normalized spacial score (nSPS) is 11.9. The van der Waals surface area contributed by atoms with Crippen molar-refractivity contribution in [1.82, 2.24) is 15.5 Å². The molecule has 0 spiro atoms. The maximum Gasteiger partial charge on any atom is 0.253 e. The van der Waals surface area contributed by atoms with Crippen LogP contribution in [0.4, 0.5) is 0 Å². The highest BCUT2D eigenvalue weighted by Gasteiger charge is 2.19. The minimum Gasteiger partial charge on any atom is -0.390 e. The van der Waals surface area contributed by atoms with Crippen molar-refractivity contribution in [3.8, 4) is 0 Å². The van der Waals surface area contributed by atoms with Crippen LogP contribution in [0, 0.1) is 5.92 Å². The van der Waals surface area contributed by atoms with Gasteiger partial charge in [-0.1, -0.05) is 27.7 Å². The number of carbonyl (C=O) groups is 3. The van der Waals surface area contributed by atoms with Crippen LogP contribution in [0.15, 0.2) is 18.2 Å². The summed E-state index contributed by atoms with van der Waals surface area (Å²) in [6.45, 7) is 10.6. The Hall–Kier alpha value is -2.45. The van der Waals surface area contributed by atoms with Crippen LogP contribution in [-0.2, 0) is 0 Å². The molecule has 174 valence electrons. The van der Waals surface area contributed by atoms with E-state index in [2.05, 4.69) is 24.5 Å². The van der Waals surface area contributed by atoms with Gasteiger partial charge in [-0.3, -0.25) is 14.4 Å². The fourth-order valence-electron chi connectivity index (χ4n) is 3.11. The highest BCUT2D eigenvalue weighted by Crippen LogP contribution is 2.14. The van der Waals surface area contributed by atoms with Crippen molar-refractivity contribution in [2.75, 3.05) is 32.7 Å². The van der Waals surface area contributed by atoms with Crippen LogP contribution in [0.25, 0.3) is 0 Å². The van der Waals surface area contributed by atoms with Crippen LogP contribution >= 0.6 is 0 Å². The number of aliphatic hydroxyl groups excluding tert-OH is 1. The predicted octanol–water partition coefficient (Wildman–Crippen LogP) is 1.77. The van der Waals surface area contributed by atoms with Crippen LogP contribution in [0.3, 0.4) is 0 Å². The van der Waals surface area contributed by atoms with Gasteiger partial charge in [0, 0.05) is 42.9 Å². The summed E-state index contributed by atoms with van der Waals surface area (Å²) in [6.07, 6.45) is 1.86. The van der Waals surface area contributed by atoms with Gasteiger partial charge in [0.05, 0.1) is 6.10 Å². The highest BCUT2D eigenvalue weighted by atomic mass is 16.3. The Balaban J connectivity index is 2.87. The van der Waals surface area contributed by atoms with Gasteiger partial charge >= 0.3 is 0 Å². The summed E-state index contributed by atoms with van der Waals surface area (Å²) < 4.78 is 0. The van der Waals surface area contributed by atoms with E-state index in [9.17, 15) is 19.5 Å². The number of amides is 3. The summed E-state index contributed by atoms with van der Waals surface area (Å²) in [5.41, 5.74) is 5.92. The largest absolute Gasteiger partial charge is 0.390 e. The van der Waals surface area contributed by atoms with E-state index >= 15 is 0 Å². The molecule has 3 amide bonds. The summed E-state index contributed by atoms with van der Waals surface area (Å²) in [6, 6.07) is 4.26. The van der Waals surface area contributed by atoms with E-state index in [-0.39, 0.29) is 29.1 Å². The van der Waals surface area contributed by atoms with Crippen LogP contribution in [0.2, 0.25) is 0 Å². The molecule has 0 saturated carbocycles. The average Bonchev–Trinajstić information content (AvgIpc) is 2.73. The summed E-state index contributed by atoms with van der Waals surface area (Å²) in [5.74, 6) is -0.855. The van der Waals surface area contributed by atoms with Crippen LogP contribution < -0.4 is 16.4 Å². The molecular weight excluding hydrogens is 396 g/mol. The maximum absolute atomic E-state index is 12.9. The second kappa shape index (κ2) is 13.8. The number of rotatable bonds is 14. The minimum absolute atomic E-state index is 0.0510. The SMILES string of the molecule is CCCN(CCC)C(=O)c1cc(C(N)=O)cc(C(=O)NC[C@H](O)CNCCC(C)C)c1. The Morgan fingerprint density at radius 1 is 1.00 bits per heavy atom. The molecule has 0 aliphatic heterocycles. The molecule has 1 rings (SSSR count). The molecule has 8 nitrogen and oxygen atoms in total. The third-order valence-electron chi connectivity index (χ3n) is 4.78. The summed E-state index contributed by atoms with van der Waals surface area (Å²) >= 11 is 0. The van der Waals surface area contributed by atoms with Gasteiger partial charge in [0.25, 0.3) is 11.8 Å². The molecule has 0 aliphatic rings. The van der Waals surface area contributed by atoms with Gasteiger partial charge in [0.2, 0.25) is 5.91 Å². The molecule has 0 radical (unpaired) electrons. The first-order chi connectivity index (χ1) is 14.7. The molecule has 0 unspecified atom stereocenters. The molecular formula is C23H38N4O4. The van der Waals surface area contributed by atoms with E-state index in [1.165, 1.54) is 18.2 Å². The number of nitrogens with two attached hydrogens (primary N) is 1. The number of aliphatic hydroxyl groups is 1. The molecule has 1 aromatic carbocycles. The lowest BCUT2D eigenvalue weighted by atomic mass is 10.0. The van der Waals surface area contributed by atoms with Gasteiger partial charge in [0.1, 0.15) is 0 Å². The number of nitrogens with zero attached hydrogens (tertiary/aromatic N) is 1. The average molecular weight is 435 g/mol. The molecule has 8 heteroatoms. The van der Waals surface area contributed by atoms with Crippen LogP contribution in [0.1, 0.15) is 78.0 Å². The third kappa shape index (κ3) is 9.48. The number of benzene rings is 1. The summed E-state index contributed by atoms with van der Waals surface area (Å²) in [4.78, 5) is 39.0. The van der Waals surface area contributed by atoms with Gasteiger partial charge in [-0.15, -0.1) is 0 Å². The number of primary amides is 1. The Labute approximate surface area is 185 Å². The number of hydrogen-bond acceptors (Lipinski definition) is 5. The number of carbonyl (C=O) groups excluding carboxylic acids is 3. The Bertz CT molecular complexity index is 730. The topological polar surface area (TPSA) is 125 Å². The molecule has 0 bridgehead atoms. The van der Waals surface area contributed by atoms with Crippen molar-refractivity contribution in [2.24, 2.45) is 11.7 Å². The van der Waals surface area contributed by atoms with E-state index in [1.807, 2.05) is 13.8 Å². The van der Waals surface area contributed by atoms with E-state index in [0.717, 1.165) is 25.8 Å². The zero-order valence-electron chi connectivity index (χ0n) is 19.2. The third-order valence-corrected chi connectivity index (χ3v) is 4.78.